The number of alkyl halides is 2. The molecule has 0 bridgehead atoms. The molecule has 0 aliphatic carbocycles. The lowest BCUT2D eigenvalue weighted by Crippen LogP contribution is -2.44. The lowest BCUT2D eigenvalue weighted by molar-refractivity contribution is 0.0173. The fourth-order valence-corrected chi connectivity index (χ4v) is 4.43. The molecule has 234 valence electrons. The van der Waals surface area contributed by atoms with Crippen LogP contribution >= 0.6 is 0 Å². The number of pyridine rings is 1. The van der Waals surface area contributed by atoms with Crippen molar-refractivity contribution in [3.05, 3.63) is 136 Å². The zero-order chi connectivity index (χ0) is 32.7. The molecular formula is C39H54F2N2. The molecule has 1 heterocycles. The summed E-state index contributed by atoms with van der Waals surface area (Å²) in [6.07, 6.45) is 3.66. The van der Waals surface area contributed by atoms with Crippen molar-refractivity contribution in [2.75, 3.05) is 7.05 Å². The summed E-state index contributed by atoms with van der Waals surface area (Å²) in [5.74, 6) is -2.90. The first-order chi connectivity index (χ1) is 20.3. The van der Waals surface area contributed by atoms with Crippen LogP contribution in [0.2, 0.25) is 0 Å². The molecule has 0 saturated carbocycles. The van der Waals surface area contributed by atoms with Crippen molar-refractivity contribution >= 4 is 0 Å². The quantitative estimate of drug-likeness (QED) is 0.242. The Morgan fingerprint density at radius 2 is 1.21 bits per heavy atom. The number of nitrogens with zero attached hydrogens (tertiary/aromatic N) is 1. The Hall–Kier alpha value is -3.37. The van der Waals surface area contributed by atoms with Crippen LogP contribution in [0.5, 0.6) is 0 Å². The topological polar surface area (TPSA) is 24.9 Å². The van der Waals surface area contributed by atoms with E-state index < -0.39 is 11.5 Å². The Morgan fingerprint density at radius 1 is 0.674 bits per heavy atom. The number of halogens is 2. The summed E-state index contributed by atoms with van der Waals surface area (Å²) in [6, 6.07) is 29.3. The summed E-state index contributed by atoms with van der Waals surface area (Å²) in [7, 11) is 1.85. The Balaban J connectivity index is 0.000000480. The van der Waals surface area contributed by atoms with Gasteiger partial charge in [0, 0.05) is 25.1 Å². The number of aryl methyl sites for hydroxylation is 2. The predicted molar refractivity (Wildman–Crippen MR) is 182 cm³/mol. The molecule has 0 aliphatic rings. The van der Waals surface area contributed by atoms with Crippen molar-refractivity contribution in [2.24, 2.45) is 0 Å². The average Bonchev–Trinajstić information content (AvgIpc) is 2.98. The second-order valence-corrected chi connectivity index (χ2v) is 11.8. The van der Waals surface area contributed by atoms with Gasteiger partial charge in [-0.25, -0.2) is 8.78 Å². The fourth-order valence-electron chi connectivity index (χ4n) is 4.43. The second-order valence-electron chi connectivity index (χ2n) is 11.8. The molecule has 0 aliphatic heterocycles. The van der Waals surface area contributed by atoms with Crippen LogP contribution in [0.3, 0.4) is 0 Å². The average molecular weight is 589 g/mol. The highest BCUT2D eigenvalue weighted by atomic mass is 19.3. The van der Waals surface area contributed by atoms with Gasteiger partial charge in [0.15, 0.2) is 0 Å². The molecule has 0 fully saturated rings. The summed E-state index contributed by atoms with van der Waals surface area (Å²) in [4.78, 5) is 4.64. The van der Waals surface area contributed by atoms with E-state index in [0.29, 0.717) is 6.42 Å². The van der Waals surface area contributed by atoms with Gasteiger partial charge in [-0.2, -0.15) is 0 Å². The lowest BCUT2D eigenvalue weighted by Gasteiger charge is -2.35. The van der Waals surface area contributed by atoms with E-state index >= 15 is 0 Å². The first kappa shape index (κ1) is 37.7. The minimum absolute atomic E-state index is 0.000187. The van der Waals surface area contributed by atoms with Crippen LogP contribution in [-0.4, -0.2) is 12.0 Å². The van der Waals surface area contributed by atoms with Gasteiger partial charge >= 0.3 is 0 Å². The number of nitrogens with one attached hydrogen (secondary N) is 1. The lowest BCUT2D eigenvalue weighted by atomic mass is 9.79. The largest absolute Gasteiger partial charge is 0.305 e. The van der Waals surface area contributed by atoms with Crippen molar-refractivity contribution in [1.29, 1.82) is 0 Å². The van der Waals surface area contributed by atoms with Crippen LogP contribution in [-0.2, 0) is 23.3 Å². The van der Waals surface area contributed by atoms with Gasteiger partial charge in [0.2, 0.25) is 0 Å². The molecule has 1 unspecified atom stereocenters. The van der Waals surface area contributed by atoms with Crippen LogP contribution in [0, 0.1) is 13.8 Å². The maximum atomic E-state index is 14.0. The number of rotatable bonds is 6. The Morgan fingerprint density at radius 3 is 1.67 bits per heavy atom. The number of hydrogen-bond donors (Lipinski definition) is 1. The third-order valence-electron chi connectivity index (χ3n) is 6.87. The van der Waals surface area contributed by atoms with Crippen molar-refractivity contribution in [1.82, 2.24) is 10.3 Å². The Bertz CT molecular complexity index is 1300. The number of benzene rings is 3. The standard InChI is InChI=1S/C23H24F2N2.C11H16.C3H8.C2H6/c1-17-12-13-21(27-16-17)23(26-3,15-18-8-5-4-6-9-18)20-11-7-10-19(14-20)22(2,24)25;1-9-5-7-10(8-6-9)11(2,3)4;1-3-2;1-2/h4-14,16,26H,15H2,1-3H3;5-8H,1-4H3;3H2,1-2H3;1-2H3. The number of likely N-dealkylation sites (N-methyl/N-ethyl adjacent to an activating group) is 1. The molecule has 1 N–H and O–H groups in total. The van der Waals surface area contributed by atoms with E-state index in [-0.39, 0.29) is 11.0 Å². The molecular weight excluding hydrogens is 534 g/mol. The molecule has 1 atom stereocenters. The van der Waals surface area contributed by atoms with E-state index in [2.05, 4.69) is 76.1 Å². The summed E-state index contributed by atoms with van der Waals surface area (Å²) in [5.41, 5.74) is 6.03. The second kappa shape index (κ2) is 17.7. The summed E-state index contributed by atoms with van der Waals surface area (Å²) in [5, 5.41) is 3.39. The molecule has 2 nitrogen and oxygen atoms in total. The van der Waals surface area contributed by atoms with Gasteiger partial charge in [0.25, 0.3) is 5.92 Å². The fraction of sp³-hybridized carbons (Fsp3) is 0.410. The van der Waals surface area contributed by atoms with Crippen molar-refractivity contribution in [3.8, 4) is 0 Å². The molecule has 1 aromatic heterocycles. The smallest absolute Gasteiger partial charge is 0.270 e. The molecule has 0 saturated heterocycles. The highest BCUT2D eigenvalue weighted by molar-refractivity contribution is 5.41. The molecule has 0 amide bonds. The third kappa shape index (κ3) is 11.7. The molecule has 0 spiro atoms. The van der Waals surface area contributed by atoms with Crippen molar-refractivity contribution in [3.63, 3.8) is 0 Å². The first-order valence-electron chi connectivity index (χ1n) is 15.5. The summed E-state index contributed by atoms with van der Waals surface area (Å²) >= 11 is 0. The van der Waals surface area contributed by atoms with E-state index in [1.54, 1.807) is 12.1 Å². The van der Waals surface area contributed by atoms with E-state index in [9.17, 15) is 8.78 Å². The first-order valence-corrected chi connectivity index (χ1v) is 15.5. The molecule has 3 aromatic carbocycles. The molecule has 4 aromatic rings. The third-order valence-corrected chi connectivity index (χ3v) is 6.87. The molecule has 43 heavy (non-hydrogen) atoms. The van der Waals surface area contributed by atoms with E-state index in [1.165, 1.54) is 23.6 Å². The van der Waals surface area contributed by atoms with Gasteiger partial charge in [-0.3, -0.25) is 4.98 Å². The van der Waals surface area contributed by atoms with Crippen LogP contribution in [0.25, 0.3) is 0 Å². The van der Waals surface area contributed by atoms with Gasteiger partial charge in [-0.15, -0.1) is 0 Å². The van der Waals surface area contributed by atoms with Gasteiger partial charge in [0.1, 0.15) is 0 Å². The minimum Gasteiger partial charge on any atom is -0.305 e. The zero-order valence-electron chi connectivity index (χ0n) is 28.4. The molecule has 4 heteroatoms. The van der Waals surface area contributed by atoms with Gasteiger partial charge in [-0.05, 0) is 60.7 Å². The van der Waals surface area contributed by atoms with Crippen molar-refractivity contribution in [2.45, 2.75) is 99.0 Å². The number of aromatic nitrogens is 1. The van der Waals surface area contributed by atoms with Crippen LogP contribution in [0.4, 0.5) is 8.78 Å². The highest BCUT2D eigenvalue weighted by Gasteiger charge is 2.36. The van der Waals surface area contributed by atoms with Gasteiger partial charge in [0.05, 0.1) is 11.2 Å². The van der Waals surface area contributed by atoms with E-state index in [1.807, 2.05) is 82.5 Å². The van der Waals surface area contributed by atoms with Gasteiger partial charge < -0.3 is 5.32 Å². The van der Waals surface area contributed by atoms with E-state index in [0.717, 1.165) is 29.3 Å². The molecule has 0 radical (unpaired) electrons. The number of hydrogen-bond acceptors (Lipinski definition) is 2. The van der Waals surface area contributed by atoms with E-state index in [4.69, 9.17) is 0 Å². The normalized spacial score (nSPS) is 12.3. The highest BCUT2D eigenvalue weighted by Crippen LogP contribution is 2.35. The van der Waals surface area contributed by atoms with Crippen LogP contribution in [0.1, 0.15) is 101 Å². The minimum atomic E-state index is -2.90. The van der Waals surface area contributed by atoms with Crippen LogP contribution < -0.4 is 5.32 Å². The predicted octanol–water partition coefficient (Wildman–Crippen LogP) is 10.9. The summed E-state index contributed by atoms with van der Waals surface area (Å²) < 4.78 is 27.9. The van der Waals surface area contributed by atoms with Crippen molar-refractivity contribution < 1.29 is 8.78 Å². The summed E-state index contributed by atoms with van der Waals surface area (Å²) in [6.45, 7) is 20.0. The monoisotopic (exact) mass is 588 g/mol. The maximum absolute atomic E-state index is 14.0. The molecule has 4 rings (SSSR count). The Labute approximate surface area is 261 Å². The maximum Gasteiger partial charge on any atom is 0.270 e. The Kier molecular flexibility index (Phi) is 15.5. The van der Waals surface area contributed by atoms with Gasteiger partial charge in [-0.1, -0.05) is 139 Å². The SMILES string of the molecule is CC.CCC.CNC(Cc1ccccc1)(c1cccc(C(C)(F)F)c1)c1ccc(C)cn1.Cc1ccc(C(C)(C)C)cc1. The van der Waals surface area contributed by atoms with Crippen LogP contribution in [0.15, 0.2) is 97.2 Å². The zero-order valence-corrected chi connectivity index (χ0v) is 28.4.